The lowest BCUT2D eigenvalue weighted by molar-refractivity contribution is -0.114. The smallest absolute Gasteiger partial charge is 0.315 e. The number of urea groups is 1. The summed E-state index contributed by atoms with van der Waals surface area (Å²) in [5.74, 6) is 0.467. The molecule has 152 valence electrons. The van der Waals surface area contributed by atoms with E-state index in [0.29, 0.717) is 18.5 Å². The van der Waals surface area contributed by atoms with Crippen LogP contribution < -0.4 is 16.0 Å². The van der Waals surface area contributed by atoms with Crippen molar-refractivity contribution >= 4 is 17.6 Å². The first-order valence-electron chi connectivity index (χ1n) is 9.92. The molecule has 0 saturated heterocycles. The molecule has 6 heteroatoms. The van der Waals surface area contributed by atoms with E-state index >= 15 is 0 Å². The largest absolute Gasteiger partial charge is 0.337 e. The molecule has 1 aromatic carbocycles. The van der Waals surface area contributed by atoms with Gasteiger partial charge >= 0.3 is 6.03 Å². The summed E-state index contributed by atoms with van der Waals surface area (Å²) in [5.41, 5.74) is 1.67. The van der Waals surface area contributed by atoms with Crippen molar-refractivity contribution in [2.75, 3.05) is 25.0 Å². The number of nitrogens with zero attached hydrogens (tertiary/aromatic N) is 1. The van der Waals surface area contributed by atoms with Crippen molar-refractivity contribution in [3.63, 3.8) is 0 Å². The minimum Gasteiger partial charge on any atom is -0.337 e. The summed E-state index contributed by atoms with van der Waals surface area (Å²) in [5, 5.41) is 8.77. The third-order valence-corrected chi connectivity index (χ3v) is 4.63. The maximum absolute atomic E-state index is 12.4. The van der Waals surface area contributed by atoms with Crippen LogP contribution in [-0.4, -0.2) is 42.5 Å². The monoisotopic (exact) mass is 376 g/mol. The number of amides is 3. The second-order valence-corrected chi connectivity index (χ2v) is 7.39. The van der Waals surface area contributed by atoms with Gasteiger partial charge in [-0.2, -0.15) is 0 Å². The zero-order chi connectivity index (χ0) is 20.4. The zero-order valence-electron chi connectivity index (χ0n) is 17.6. The lowest BCUT2D eigenvalue weighted by atomic mass is 10.0. The van der Waals surface area contributed by atoms with Gasteiger partial charge in [-0.25, -0.2) is 4.79 Å². The van der Waals surface area contributed by atoms with Crippen LogP contribution in [0.15, 0.2) is 24.3 Å². The highest BCUT2D eigenvalue weighted by Gasteiger charge is 2.18. The van der Waals surface area contributed by atoms with Gasteiger partial charge in [0.1, 0.15) is 0 Å². The van der Waals surface area contributed by atoms with Crippen molar-refractivity contribution in [3.8, 4) is 0 Å². The number of carbonyl (C=O) groups is 2. The summed E-state index contributed by atoms with van der Waals surface area (Å²) in [6, 6.07) is 7.53. The molecule has 0 aliphatic heterocycles. The molecule has 0 heterocycles. The van der Waals surface area contributed by atoms with Crippen LogP contribution >= 0.6 is 0 Å². The van der Waals surface area contributed by atoms with E-state index in [1.54, 1.807) is 0 Å². The molecule has 0 spiro atoms. The van der Waals surface area contributed by atoms with Crippen LogP contribution in [0.4, 0.5) is 10.5 Å². The predicted octanol–water partition coefficient (Wildman–Crippen LogP) is 3.76. The number of rotatable bonds is 10. The van der Waals surface area contributed by atoms with Gasteiger partial charge in [-0.1, -0.05) is 39.8 Å². The Morgan fingerprint density at radius 1 is 1.11 bits per heavy atom. The minimum atomic E-state index is -0.173. The topological polar surface area (TPSA) is 73.5 Å². The fourth-order valence-corrected chi connectivity index (χ4v) is 3.28. The van der Waals surface area contributed by atoms with E-state index < -0.39 is 0 Å². The van der Waals surface area contributed by atoms with Crippen LogP contribution in [-0.2, 0) is 4.79 Å². The molecule has 2 atom stereocenters. The summed E-state index contributed by atoms with van der Waals surface area (Å²) in [4.78, 5) is 26.0. The van der Waals surface area contributed by atoms with Crippen molar-refractivity contribution < 1.29 is 9.59 Å². The molecule has 3 N–H and O–H groups in total. The molecule has 1 rings (SSSR count). The lowest BCUT2D eigenvalue weighted by Gasteiger charge is -2.31. The van der Waals surface area contributed by atoms with Gasteiger partial charge in [-0.3, -0.25) is 9.69 Å². The van der Waals surface area contributed by atoms with Gasteiger partial charge in [0.25, 0.3) is 0 Å². The zero-order valence-corrected chi connectivity index (χ0v) is 17.6. The number of benzene rings is 1. The molecule has 0 fully saturated rings. The molecule has 1 aromatic rings. The van der Waals surface area contributed by atoms with E-state index in [1.165, 1.54) is 6.92 Å². The molecular formula is C21H36N4O2. The van der Waals surface area contributed by atoms with E-state index in [-0.39, 0.29) is 18.0 Å². The van der Waals surface area contributed by atoms with Gasteiger partial charge in [-0.05, 0) is 50.0 Å². The molecule has 0 aliphatic rings. The second kappa shape index (κ2) is 11.6. The van der Waals surface area contributed by atoms with Gasteiger partial charge in [0, 0.05) is 25.2 Å². The van der Waals surface area contributed by atoms with E-state index in [0.717, 1.165) is 30.8 Å². The van der Waals surface area contributed by atoms with E-state index in [2.05, 4.69) is 48.5 Å². The van der Waals surface area contributed by atoms with Crippen LogP contribution in [0.3, 0.4) is 0 Å². The first kappa shape index (κ1) is 23.0. The van der Waals surface area contributed by atoms with Gasteiger partial charge < -0.3 is 16.0 Å². The average Bonchev–Trinajstić information content (AvgIpc) is 2.59. The Morgan fingerprint density at radius 2 is 1.78 bits per heavy atom. The fraction of sp³-hybridized carbons (Fsp3) is 0.619. The summed E-state index contributed by atoms with van der Waals surface area (Å²) in [6.07, 6.45) is 1.05. The second-order valence-electron chi connectivity index (χ2n) is 7.39. The summed E-state index contributed by atoms with van der Waals surface area (Å²) < 4.78 is 0. The van der Waals surface area contributed by atoms with Crippen molar-refractivity contribution in [2.24, 2.45) is 5.92 Å². The number of nitrogens with one attached hydrogen (secondary N) is 3. The molecule has 3 amide bonds. The maximum atomic E-state index is 12.4. The number of likely N-dealkylation sites (N-methyl/N-ethyl adjacent to an activating group) is 1. The molecule has 0 unspecified atom stereocenters. The summed E-state index contributed by atoms with van der Waals surface area (Å²) in [7, 11) is 0. The molecule has 0 aromatic heterocycles. The van der Waals surface area contributed by atoms with Crippen LogP contribution in [0.2, 0.25) is 0 Å². The Morgan fingerprint density at radius 3 is 2.33 bits per heavy atom. The van der Waals surface area contributed by atoms with Gasteiger partial charge in [0.15, 0.2) is 0 Å². The van der Waals surface area contributed by atoms with E-state index in [9.17, 15) is 9.59 Å². The Bertz CT molecular complexity index is 600. The highest BCUT2D eigenvalue weighted by atomic mass is 16.2. The Balaban J connectivity index is 2.63. The van der Waals surface area contributed by atoms with Crippen molar-refractivity contribution in [1.29, 1.82) is 0 Å². The normalized spacial score (nSPS) is 13.3. The van der Waals surface area contributed by atoms with Crippen molar-refractivity contribution in [3.05, 3.63) is 29.8 Å². The fourth-order valence-electron chi connectivity index (χ4n) is 3.28. The SMILES string of the molecule is CCN(CC)[C@H](CNC(=O)N[C@@H](C)c1cccc(NC(C)=O)c1)CC(C)C. The summed E-state index contributed by atoms with van der Waals surface area (Å²) in [6.45, 7) is 14.7. The number of anilines is 1. The maximum Gasteiger partial charge on any atom is 0.315 e. The first-order valence-corrected chi connectivity index (χ1v) is 9.92. The number of carbonyl (C=O) groups excluding carboxylic acids is 2. The highest BCUT2D eigenvalue weighted by Crippen LogP contribution is 2.17. The van der Waals surface area contributed by atoms with Crippen LogP contribution in [0.5, 0.6) is 0 Å². The Labute approximate surface area is 164 Å². The molecule has 0 saturated carbocycles. The molecule has 0 bridgehead atoms. The highest BCUT2D eigenvalue weighted by molar-refractivity contribution is 5.88. The minimum absolute atomic E-state index is 0.113. The average molecular weight is 377 g/mol. The third kappa shape index (κ3) is 8.43. The molecular weight excluding hydrogens is 340 g/mol. The van der Waals surface area contributed by atoms with Gasteiger partial charge in [-0.15, -0.1) is 0 Å². The molecule has 0 aliphatic carbocycles. The quantitative estimate of drug-likeness (QED) is 0.582. The molecule has 6 nitrogen and oxygen atoms in total. The molecule has 0 radical (unpaired) electrons. The Kier molecular flexibility index (Phi) is 9.86. The third-order valence-electron chi connectivity index (χ3n) is 4.63. The Hall–Kier alpha value is -2.08. The first-order chi connectivity index (χ1) is 12.8. The predicted molar refractivity (Wildman–Crippen MR) is 112 cm³/mol. The summed E-state index contributed by atoms with van der Waals surface area (Å²) >= 11 is 0. The van der Waals surface area contributed by atoms with Gasteiger partial charge in [0.05, 0.1) is 6.04 Å². The lowest BCUT2D eigenvalue weighted by Crippen LogP contribution is -2.47. The standard InChI is InChI=1S/C21H36N4O2/c1-7-25(8-2)20(12-15(3)4)14-22-21(27)23-16(5)18-10-9-11-19(13-18)24-17(6)26/h9-11,13,15-16,20H,7-8,12,14H2,1-6H3,(H,24,26)(H2,22,23,27)/t16-,20-/m0/s1. The molecule has 27 heavy (non-hydrogen) atoms. The van der Waals surface area contributed by atoms with Gasteiger partial charge in [0.2, 0.25) is 5.91 Å². The number of hydrogen-bond donors (Lipinski definition) is 3. The van der Waals surface area contributed by atoms with E-state index in [1.807, 2.05) is 31.2 Å². The van der Waals surface area contributed by atoms with Crippen molar-refractivity contribution in [2.45, 2.75) is 60.0 Å². The van der Waals surface area contributed by atoms with E-state index in [4.69, 9.17) is 0 Å². The van der Waals surface area contributed by atoms with Crippen LogP contribution in [0.1, 0.15) is 59.6 Å². The van der Waals surface area contributed by atoms with Crippen molar-refractivity contribution in [1.82, 2.24) is 15.5 Å². The van der Waals surface area contributed by atoms with Crippen LogP contribution in [0, 0.1) is 5.92 Å². The number of hydrogen-bond acceptors (Lipinski definition) is 3. The van der Waals surface area contributed by atoms with Crippen LogP contribution in [0.25, 0.3) is 0 Å².